The fourth-order valence-electron chi connectivity index (χ4n) is 0. The van der Waals surface area contributed by atoms with E-state index < -0.39 is 0 Å². The summed E-state index contributed by atoms with van der Waals surface area (Å²) in [6, 6.07) is 0. The highest BCUT2D eigenvalue weighted by molar-refractivity contribution is 7.80. The Morgan fingerprint density at radius 2 is 0.600 bits per heavy atom. The van der Waals surface area contributed by atoms with Gasteiger partial charge in [-0.1, -0.05) is 20.8 Å². The van der Waals surface area contributed by atoms with Gasteiger partial charge in [0.15, 0.2) is 0 Å². The van der Waals surface area contributed by atoms with E-state index in [2.05, 4.69) is 58.7 Å². The summed E-state index contributed by atoms with van der Waals surface area (Å²) in [7, 11) is 0. The van der Waals surface area contributed by atoms with Crippen molar-refractivity contribution in [1.82, 2.24) is 0 Å². The van der Waals surface area contributed by atoms with Gasteiger partial charge in [0.25, 0.3) is 0 Å². The summed E-state index contributed by atoms with van der Waals surface area (Å²) in [4.78, 5) is 0. The number of hydrogen-bond donors (Lipinski definition) is 3. The smallest absolute Gasteiger partial charge is 0.0101 e. The number of hydrogen-bond acceptors (Lipinski definition) is 3. The van der Waals surface area contributed by atoms with Crippen molar-refractivity contribution in [2.24, 2.45) is 0 Å². The van der Waals surface area contributed by atoms with Crippen LogP contribution >= 0.6 is 37.9 Å². The molecule has 102 valence electrons. The van der Waals surface area contributed by atoms with Crippen LogP contribution in [0.4, 0.5) is 14.1 Å². The second-order valence-electron chi connectivity index (χ2n) is 2.17. The maximum atomic E-state index is 3.92. The van der Waals surface area contributed by atoms with Gasteiger partial charge in [-0.25, -0.2) is 0 Å². The topological polar surface area (TPSA) is 0 Å². The molecule has 0 heterocycles. The Hall–Kier alpha value is 0.840. The minimum absolute atomic E-state index is 0. The summed E-state index contributed by atoms with van der Waals surface area (Å²) in [5, 5.41) is 0. The van der Waals surface area contributed by atoms with E-state index in [0.29, 0.717) is 0 Å². The van der Waals surface area contributed by atoms with Crippen LogP contribution in [0, 0.1) is 0 Å². The van der Waals surface area contributed by atoms with E-state index in [1.165, 1.54) is 19.3 Å². The number of halogens is 3. The van der Waals surface area contributed by atoms with Crippen molar-refractivity contribution in [3.8, 4) is 0 Å². The summed E-state index contributed by atoms with van der Waals surface area (Å²) >= 11 is 11.8. The molecular weight excluding hydrogens is 261 g/mol. The molecule has 0 saturated carbocycles. The molecule has 0 N–H and O–H groups in total. The van der Waals surface area contributed by atoms with Crippen LogP contribution < -0.4 is 0 Å². The summed E-state index contributed by atoms with van der Waals surface area (Å²) in [6.45, 7) is 6.31. The molecule has 0 unspecified atom stereocenters. The molecule has 0 atom stereocenters. The molecule has 0 saturated heterocycles. The highest BCUT2D eigenvalue weighted by Gasteiger charge is 1.57. The first-order valence-electron chi connectivity index (χ1n) is 4.57. The third-order valence-corrected chi connectivity index (χ3v) is 2.01. The molecule has 0 aromatic heterocycles. The molecule has 6 heteroatoms. The quantitative estimate of drug-likeness (QED) is 0.628. The van der Waals surface area contributed by atoms with Gasteiger partial charge in [-0.3, -0.25) is 14.1 Å². The molecule has 0 aliphatic carbocycles. The lowest BCUT2D eigenvalue weighted by Crippen LogP contribution is -1.56. The van der Waals surface area contributed by atoms with Gasteiger partial charge < -0.3 is 0 Å². The van der Waals surface area contributed by atoms with Gasteiger partial charge in [0, 0.05) is 0 Å². The minimum atomic E-state index is 0. The van der Waals surface area contributed by atoms with Crippen molar-refractivity contribution in [3.05, 3.63) is 0 Å². The van der Waals surface area contributed by atoms with E-state index in [0.717, 1.165) is 17.3 Å². The van der Waals surface area contributed by atoms with Gasteiger partial charge in [-0.15, -0.1) is 0 Å². The molecule has 0 bridgehead atoms. The Morgan fingerprint density at radius 3 is 0.600 bits per heavy atom. The average molecular weight is 289 g/mol. The molecule has 0 aromatic rings. The first kappa shape index (κ1) is 36.0. The van der Waals surface area contributed by atoms with Crippen LogP contribution in [0.2, 0.25) is 0 Å². The molecule has 0 fully saturated rings. The lowest BCUT2D eigenvalue weighted by atomic mass is 10.6. The second kappa shape index (κ2) is 60.8. The van der Waals surface area contributed by atoms with Crippen LogP contribution in [0.25, 0.3) is 0 Å². The maximum absolute atomic E-state index is 3.92. The van der Waals surface area contributed by atoms with Crippen LogP contribution in [0.1, 0.15) is 40.0 Å². The first-order valence-corrected chi connectivity index (χ1v) is 6.47. The highest BCUT2D eigenvalue weighted by atomic mass is 32.1. The Balaban J connectivity index is -0.0000000184. The molecule has 0 nitrogen and oxygen atoms in total. The summed E-state index contributed by atoms with van der Waals surface area (Å²) in [5.74, 6) is 3.04. The van der Waals surface area contributed by atoms with Crippen molar-refractivity contribution in [1.29, 1.82) is 0 Å². The van der Waals surface area contributed by atoms with Crippen molar-refractivity contribution >= 4 is 37.9 Å². The molecule has 0 spiro atoms. The van der Waals surface area contributed by atoms with Crippen LogP contribution in [-0.4, -0.2) is 17.3 Å². The zero-order valence-electron chi connectivity index (χ0n) is 9.81. The average Bonchev–Trinajstić information content (AvgIpc) is 2.18. The van der Waals surface area contributed by atoms with Crippen molar-refractivity contribution in [2.75, 3.05) is 17.3 Å². The monoisotopic (exact) mass is 288 g/mol. The Bertz CT molecular complexity index is 36.1. The molecule has 0 amide bonds. The van der Waals surface area contributed by atoms with Crippen molar-refractivity contribution < 1.29 is 14.1 Å². The molecule has 0 aliphatic rings. The Kier molecular flexibility index (Phi) is 146. The largest absolute Gasteiger partial charge is 0.269 e. The molecule has 0 rings (SSSR count). The van der Waals surface area contributed by atoms with Gasteiger partial charge in [0.05, 0.1) is 0 Å². The van der Waals surface area contributed by atoms with Crippen LogP contribution in [-0.2, 0) is 0 Å². The fourth-order valence-corrected chi connectivity index (χ4v) is 0. The molecule has 15 heavy (non-hydrogen) atoms. The third-order valence-electron chi connectivity index (χ3n) is 0.671. The molecule has 0 aliphatic heterocycles. The van der Waals surface area contributed by atoms with E-state index in [1.54, 1.807) is 0 Å². The van der Waals surface area contributed by atoms with Crippen molar-refractivity contribution in [3.63, 3.8) is 0 Å². The first-order chi connectivity index (χ1) is 5.74. The fraction of sp³-hybridized carbons (Fsp3) is 1.00. The normalized spacial score (nSPS) is 6.00. The minimum Gasteiger partial charge on any atom is -0.269 e. The van der Waals surface area contributed by atoms with Crippen LogP contribution in [0.3, 0.4) is 0 Å². The zero-order valence-corrected chi connectivity index (χ0v) is 12.5. The standard InChI is InChI=1S/3C3H8S.3FH/c3*1-2-3-4;;;/h3*4H,2-3H2,1H3;3*1H. The summed E-state index contributed by atoms with van der Waals surface area (Å²) in [6.07, 6.45) is 3.55. The van der Waals surface area contributed by atoms with Gasteiger partial charge in [-0.2, -0.15) is 37.9 Å². The van der Waals surface area contributed by atoms with E-state index in [-0.39, 0.29) is 14.1 Å². The Morgan fingerprint density at radius 1 is 0.533 bits per heavy atom. The predicted octanol–water partition coefficient (Wildman–Crippen LogP) is 4.44. The zero-order chi connectivity index (χ0) is 10.2. The summed E-state index contributed by atoms with van der Waals surface area (Å²) in [5.41, 5.74) is 0. The van der Waals surface area contributed by atoms with Crippen LogP contribution in [0.5, 0.6) is 0 Å². The van der Waals surface area contributed by atoms with Gasteiger partial charge in [0.1, 0.15) is 0 Å². The molecular formula is C9H27F3S3. The molecule has 0 radical (unpaired) electrons. The SMILES string of the molecule is CCCS.CCCS.CCCS.F.F.F. The second-order valence-corrected chi connectivity index (χ2v) is 3.51. The van der Waals surface area contributed by atoms with E-state index in [9.17, 15) is 0 Å². The third kappa shape index (κ3) is 166. The lowest BCUT2D eigenvalue weighted by Gasteiger charge is -1.67. The highest BCUT2D eigenvalue weighted by Crippen LogP contribution is 1.75. The van der Waals surface area contributed by atoms with Crippen LogP contribution in [0.15, 0.2) is 0 Å². The van der Waals surface area contributed by atoms with Gasteiger partial charge in [-0.05, 0) is 36.5 Å². The van der Waals surface area contributed by atoms with E-state index >= 15 is 0 Å². The molecule has 0 aromatic carbocycles. The van der Waals surface area contributed by atoms with Gasteiger partial charge in [0.2, 0.25) is 0 Å². The number of rotatable bonds is 3. The number of thiol groups is 3. The van der Waals surface area contributed by atoms with Gasteiger partial charge >= 0.3 is 0 Å². The predicted molar refractivity (Wildman–Crippen MR) is 79.9 cm³/mol. The maximum Gasteiger partial charge on any atom is -0.0101 e. The van der Waals surface area contributed by atoms with E-state index in [4.69, 9.17) is 0 Å². The van der Waals surface area contributed by atoms with Crippen molar-refractivity contribution in [2.45, 2.75) is 40.0 Å². The lowest BCUT2D eigenvalue weighted by molar-refractivity contribution is 1.11. The Labute approximate surface area is 109 Å². The van der Waals surface area contributed by atoms with E-state index in [1.807, 2.05) is 0 Å². The summed E-state index contributed by atoms with van der Waals surface area (Å²) < 4.78 is 0.